The molecule has 0 amide bonds. The normalized spacial score (nSPS) is 17.3. The molecule has 0 spiro atoms. The molecule has 7 heteroatoms. The molecule has 3 rings (SSSR count). The molecule has 194 valence electrons. The Labute approximate surface area is 217 Å². The fraction of sp³-hybridized carbons (Fsp3) is 0.414. The maximum Gasteiger partial charge on any atom is 0.338 e. The second-order valence-electron chi connectivity index (χ2n) is 10.5. The van der Waals surface area contributed by atoms with Crippen molar-refractivity contribution in [1.82, 2.24) is 0 Å². The number of aliphatic hydroxyl groups excluding tert-OH is 1. The lowest BCUT2D eigenvalue weighted by molar-refractivity contribution is -0.462. The smallest absolute Gasteiger partial charge is 0.338 e. The Kier molecular flexibility index (Phi) is 9.30. The Balaban J connectivity index is 1.79. The molecule has 0 bridgehead atoms. The predicted molar refractivity (Wildman–Crippen MR) is 153 cm³/mol. The third kappa shape index (κ3) is 7.17. The second-order valence-corrected chi connectivity index (χ2v) is 13.8. The van der Waals surface area contributed by atoms with Crippen LogP contribution in [0.1, 0.15) is 30.9 Å². The molecule has 0 saturated carbocycles. The summed E-state index contributed by atoms with van der Waals surface area (Å²) in [5.41, 5.74) is 5.49. The van der Waals surface area contributed by atoms with E-state index in [4.69, 9.17) is 0 Å². The van der Waals surface area contributed by atoms with Gasteiger partial charge in [-0.3, -0.25) is 0 Å². The van der Waals surface area contributed by atoms with Crippen LogP contribution < -0.4 is 10.2 Å². The minimum absolute atomic E-state index is 0.0348. The van der Waals surface area contributed by atoms with Crippen LogP contribution in [0.2, 0.25) is 11.6 Å². The molecule has 0 fully saturated rings. The summed E-state index contributed by atoms with van der Waals surface area (Å²) in [5.74, 6) is 0.390. The van der Waals surface area contributed by atoms with E-state index in [2.05, 4.69) is 89.6 Å². The van der Waals surface area contributed by atoms with Gasteiger partial charge in [0.05, 0.1) is 6.10 Å². The molecule has 0 saturated heterocycles. The van der Waals surface area contributed by atoms with Gasteiger partial charge in [0.25, 0.3) is 0 Å². The zero-order chi connectivity index (χ0) is 26.5. The minimum Gasteiger partial charge on any atom is -0.410 e. The van der Waals surface area contributed by atoms with E-state index in [1.807, 2.05) is 26.2 Å². The van der Waals surface area contributed by atoms with Gasteiger partial charge in [-0.1, -0.05) is 50.3 Å². The number of rotatable bonds is 10. The lowest BCUT2D eigenvalue weighted by atomic mass is 9.78. The molecule has 6 nitrogen and oxygen atoms in total. The maximum absolute atomic E-state index is 10.3. The summed E-state index contributed by atoms with van der Waals surface area (Å²) < 4.78 is 2.11. The average molecular weight is 509 g/mol. The molecule has 1 aliphatic carbocycles. The van der Waals surface area contributed by atoms with Gasteiger partial charge in [-0.2, -0.15) is 0 Å². The largest absolute Gasteiger partial charge is 0.410 e. The second kappa shape index (κ2) is 12.0. The van der Waals surface area contributed by atoms with Gasteiger partial charge in [0.1, 0.15) is 14.1 Å². The first-order valence-electron chi connectivity index (χ1n) is 12.6. The van der Waals surface area contributed by atoms with E-state index in [9.17, 15) is 14.7 Å². The molecular weight excluding hydrogens is 466 g/mol. The number of anilines is 2. The van der Waals surface area contributed by atoms with Crippen LogP contribution in [-0.4, -0.2) is 74.4 Å². The van der Waals surface area contributed by atoms with E-state index in [0.29, 0.717) is 0 Å². The van der Waals surface area contributed by atoms with Crippen LogP contribution in [0.4, 0.5) is 11.4 Å². The van der Waals surface area contributed by atoms with Crippen LogP contribution in [0, 0.1) is 5.92 Å². The van der Waals surface area contributed by atoms with Crippen molar-refractivity contribution >= 4 is 25.6 Å². The van der Waals surface area contributed by atoms with Gasteiger partial charge in [-0.15, -0.1) is 0 Å². The average Bonchev–Trinajstić information content (AvgIpc) is 2.84. The highest BCUT2D eigenvalue weighted by Gasteiger charge is 2.35. The Morgan fingerprint density at radius 2 is 1.44 bits per heavy atom. The van der Waals surface area contributed by atoms with Gasteiger partial charge in [0, 0.05) is 62.0 Å². The van der Waals surface area contributed by atoms with Crippen LogP contribution in [0.15, 0.2) is 72.8 Å². The van der Waals surface area contributed by atoms with Crippen molar-refractivity contribution < 1.29 is 19.3 Å². The van der Waals surface area contributed by atoms with Crippen molar-refractivity contribution in [2.45, 2.75) is 37.5 Å². The lowest BCUT2D eigenvalue weighted by Crippen LogP contribution is -2.43. The van der Waals surface area contributed by atoms with Crippen molar-refractivity contribution in [2.75, 3.05) is 45.0 Å². The Morgan fingerprint density at radius 1 is 0.917 bits per heavy atom. The molecule has 36 heavy (non-hydrogen) atoms. The van der Waals surface area contributed by atoms with Gasteiger partial charge < -0.3 is 24.9 Å². The number of benzene rings is 2. The highest BCUT2D eigenvalue weighted by molar-refractivity contribution is 6.66. The molecule has 0 heterocycles. The Morgan fingerprint density at radius 3 is 1.92 bits per heavy atom. The summed E-state index contributed by atoms with van der Waals surface area (Å²) in [6, 6.07) is 17.1. The van der Waals surface area contributed by atoms with E-state index in [0.717, 1.165) is 5.69 Å². The third-order valence-electron chi connectivity index (χ3n) is 6.92. The fourth-order valence-electron chi connectivity index (χ4n) is 4.37. The first-order valence-corrected chi connectivity index (χ1v) is 14.8. The maximum atomic E-state index is 10.3. The molecule has 2 atom stereocenters. The monoisotopic (exact) mass is 508 g/mol. The topological polar surface area (TPSA) is 79.0 Å². The van der Waals surface area contributed by atoms with Crippen LogP contribution >= 0.6 is 0 Å². The van der Waals surface area contributed by atoms with Crippen molar-refractivity contribution in [3.8, 4) is 0 Å². The standard InChI is InChI=1S/C29H42N3O3Si/c1-21(2)36(34,35)20-28(33)19-30-25-13-7-22(8-14-25)29(23-9-15-26(16-10-23)31(3)4)24-11-17-27(18-12-24)32(5)6/h7-18,21,23,28-30,33-35H,19-20H2,1-6H3/q+1. The number of aliphatic hydroxyl groups is 1. The van der Waals surface area contributed by atoms with E-state index in [1.54, 1.807) is 13.8 Å². The molecule has 0 aromatic heterocycles. The van der Waals surface area contributed by atoms with Gasteiger partial charge in [-0.05, 0) is 40.9 Å². The van der Waals surface area contributed by atoms with Crippen molar-refractivity contribution in [3.05, 3.63) is 84.0 Å². The van der Waals surface area contributed by atoms with Crippen LogP contribution in [-0.2, 0) is 0 Å². The summed E-state index contributed by atoms with van der Waals surface area (Å²) >= 11 is 0. The third-order valence-corrected chi connectivity index (χ3v) is 9.84. The van der Waals surface area contributed by atoms with Crippen molar-refractivity contribution in [1.29, 1.82) is 0 Å². The number of nitrogens with one attached hydrogen (secondary N) is 1. The minimum atomic E-state index is -3.40. The number of hydrogen-bond acceptors (Lipinski definition) is 5. The Bertz CT molecular complexity index is 1070. The molecule has 2 unspecified atom stereocenters. The van der Waals surface area contributed by atoms with Gasteiger partial charge in [0.15, 0.2) is 5.71 Å². The lowest BCUT2D eigenvalue weighted by Gasteiger charge is -2.26. The van der Waals surface area contributed by atoms with Crippen LogP contribution in [0.3, 0.4) is 0 Å². The summed E-state index contributed by atoms with van der Waals surface area (Å²) in [5, 5.41) is 13.5. The van der Waals surface area contributed by atoms with Crippen LogP contribution in [0.25, 0.3) is 0 Å². The summed E-state index contributed by atoms with van der Waals surface area (Å²) in [6.07, 6.45) is 8.11. The highest BCUT2D eigenvalue weighted by atomic mass is 28.4. The molecule has 2 aromatic carbocycles. The molecule has 0 radical (unpaired) electrons. The SMILES string of the molecule is CC(C)[Si](O)(O)CC(O)CNc1ccc(C(c2ccc(N(C)C)cc2)C2C=CC(=[N+](C)C)C=C2)cc1. The quantitative estimate of drug-likeness (QED) is 0.289. The molecule has 1 aliphatic rings. The predicted octanol–water partition coefficient (Wildman–Crippen LogP) is 3.95. The van der Waals surface area contributed by atoms with Gasteiger partial charge in [0.2, 0.25) is 0 Å². The van der Waals surface area contributed by atoms with Gasteiger partial charge >= 0.3 is 8.56 Å². The fourth-order valence-corrected chi connectivity index (χ4v) is 5.68. The molecule has 2 aromatic rings. The summed E-state index contributed by atoms with van der Waals surface area (Å²) in [6.45, 7) is 3.84. The first-order chi connectivity index (χ1) is 17.0. The van der Waals surface area contributed by atoms with E-state index in [1.165, 1.54) is 22.5 Å². The zero-order valence-corrected chi connectivity index (χ0v) is 23.4. The number of allylic oxidation sites excluding steroid dienone is 4. The number of nitrogens with zero attached hydrogens (tertiary/aromatic N) is 2. The van der Waals surface area contributed by atoms with Gasteiger partial charge in [-0.25, -0.2) is 4.58 Å². The molecular formula is C29H42N3O3Si+. The summed E-state index contributed by atoms with van der Waals surface area (Å²) in [4.78, 5) is 22.4. The Hall–Kier alpha value is -2.71. The van der Waals surface area contributed by atoms with Crippen LogP contribution in [0.5, 0.6) is 0 Å². The molecule has 4 N–H and O–H groups in total. The van der Waals surface area contributed by atoms with E-state index < -0.39 is 14.7 Å². The first kappa shape index (κ1) is 27.9. The zero-order valence-electron chi connectivity index (χ0n) is 22.4. The highest BCUT2D eigenvalue weighted by Crippen LogP contribution is 2.36. The van der Waals surface area contributed by atoms with E-state index in [-0.39, 0.29) is 30.0 Å². The number of hydrogen-bond donors (Lipinski definition) is 4. The van der Waals surface area contributed by atoms with E-state index >= 15 is 0 Å². The molecule has 0 aliphatic heterocycles. The van der Waals surface area contributed by atoms with Crippen molar-refractivity contribution in [3.63, 3.8) is 0 Å². The summed E-state index contributed by atoms with van der Waals surface area (Å²) in [7, 11) is 4.80. The van der Waals surface area contributed by atoms with Crippen molar-refractivity contribution in [2.24, 2.45) is 5.92 Å².